The summed E-state index contributed by atoms with van der Waals surface area (Å²) < 4.78 is 0. The maximum atomic E-state index is 11.8. The van der Waals surface area contributed by atoms with Crippen LogP contribution in [0.25, 0.3) is 0 Å². The average Bonchev–Trinajstić information content (AvgIpc) is 2.25. The summed E-state index contributed by atoms with van der Waals surface area (Å²) in [6.07, 6.45) is 2.72. The first kappa shape index (κ1) is 11.7. The van der Waals surface area contributed by atoms with Crippen LogP contribution in [0.1, 0.15) is 37.6 Å². The molecule has 0 unspecified atom stereocenters. The standard InChI is InChI=1S/C12H18N2O/c1-4-7-13-12-10(6-5-8-14-12)11(15)9(2)3/h5-6,8-9H,4,7H2,1-3H3,(H,13,14). The molecule has 0 atom stereocenters. The van der Waals surface area contributed by atoms with E-state index in [1.807, 2.05) is 19.9 Å². The van der Waals surface area contributed by atoms with E-state index in [0.717, 1.165) is 13.0 Å². The minimum atomic E-state index is 0.0105. The van der Waals surface area contributed by atoms with Crippen LogP contribution in [0.15, 0.2) is 18.3 Å². The Bertz CT molecular complexity index is 334. The summed E-state index contributed by atoms with van der Waals surface area (Å²) in [6, 6.07) is 3.63. The number of ketones is 1. The van der Waals surface area contributed by atoms with Gasteiger partial charge in [0.25, 0.3) is 0 Å². The Kier molecular flexibility index (Phi) is 4.28. The average molecular weight is 206 g/mol. The van der Waals surface area contributed by atoms with Crippen molar-refractivity contribution >= 4 is 11.6 Å². The number of aromatic nitrogens is 1. The molecule has 0 radical (unpaired) electrons. The van der Waals surface area contributed by atoms with Crippen LogP contribution in [0.5, 0.6) is 0 Å². The predicted octanol–water partition coefficient (Wildman–Crippen LogP) is 2.74. The molecule has 0 bridgehead atoms. The maximum absolute atomic E-state index is 11.8. The number of carbonyl (C=O) groups is 1. The highest BCUT2D eigenvalue weighted by molar-refractivity contribution is 6.01. The van der Waals surface area contributed by atoms with E-state index in [1.54, 1.807) is 12.3 Å². The van der Waals surface area contributed by atoms with Gasteiger partial charge in [-0.3, -0.25) is 4.79 Å². The third-order valence-electron chi connectivity index (χ3n) is 2.14. The number of anilines is 1. The van der Waals surface area contributed by atoms with E-state index in [0.29, 0.717) is 11.4 Å². The zero-order valence-electron chi connectivity index (χ0n) is 9.58. The van der Waals surface area contributed by atoms with E-state index < -0.39 is 0 Å². The van der Waals surface area contributed by atoms with Gasteiger partial charge in [0.05, 0.1) is 5.56 Å². The summed E-state index contributed by atoms with van der Waals surface area (Å²) in [7, 11) is 0. The second-order valence-corrected chi connectivity index (χ2v) is 3.85. The Morgan fingerprint density at radius 2 is 2.27 bits per heavy atom. The van der Waals surface area contributed by atoms with Crippen molar-refractivity contribution in [3.8, 4) is 0 Å². The zero-order chi connectivity index (χ0) is 11.3. The van der Waals surface area contributed by atoms with Crippen molar-refractivity contribution in [1.29, 1.82) is 0 Å². The molecule has 0 fully saturated rings. The van der Waals surface area contributed by atoms with Crippen molar-refractivity contribution in [2.75, 3.05) is 11.9 Å². The minimum Gasteiger partial charge on any atom is -0.369 e. The second kappa shape index (κ2) is 5.49. The van der Waals surface area contributed by atoms with Gasteiger partial charge in [-0.2, -0.15) is 0 Å². The molecule has 0 aliphatic rings. The van der Waals surface area contributed by atoms with Gasteiger partial charge in [0.2, 0.25) is 0 Å². The van der Waals surface area contributed by atoms with Crippen LogP contribution in [-0.2, 0) is 0 Å². The quantitative estimate of drug-likeness (QED) is 0.753. The topological polar surface area (TPSA) is 42.0 Å². The van der Waals surface area contributed by atoms with Crippen LogP contribution in [0.2, 0.25) is 0 Å². The Morgan fingerprint density at radius 1 is 1.53 bits per heavy atom. The van der Waals surface area contributed by atoms with Gasteiger partial charge in [0.1, 0.15) is 5.82 Å². The number of rotatable bonds is 5. The third-order valence-corrected chi connectivity index (χ3v) is 2.14. The highest BCUT2D eigenvalue weighted by Crippen LogP contribution is 2.16. The molecule has 0 amide bonds. The van der Waals surface area contributed by atoms with Crippen molar-refractivity contribution < 1.29 is 4.79 Å². The second-order valence-electron chi connectivity index (χ2n) is 3.85. The number of hydrogen-bond acceptors (Lipinski definition) is 3. The number of carbonyl (C=O) groups excluding carboxylic acids is 1. The first-order valence-electron chi connectivity index (χ1n) is 5.40. The van der Waals surface area contributed by atoms with Gasteiger partial charge in [0.15, 0.2) is 5.78 Å². The van der Waals surface area contributed by atoms with Crippen molar-refractivity contribution in [1.82, 2.24) is 4.98 Å². The van der Waals surface area contributed by atoms with Crippen LogP contribution in [-0.4, -0.2) is 17.3 Å². The van der Waals surface area contributed by atoms with Crippen molar-refractivity contribution in [2.45, 2.75) is 27.2 Å². The van der Waals surface area contributed by atoms with E-state index in [-0.39, 0.29) is 11.7 Å². The van der Waals surface area contributed by atoms with E-state index in [4.69, 9.17) is 0 Å². The van der Waals surface area contributed by atoms with Crippen molar-refractivity contribution in [2.24, 2.45) is 5.92 Å². The fraction of sp³-hybridized carbons (Fsp3) is 0.500. The van der Waals surface area contributed by atoms with E-state index in [2.05, 4.69) is 17.2 Å². The molecule has 1 N–H and O–H groups in total. The number of nitrogens with zero attached hydrogens (tertiary/aromatic N) is 1. The third kappa shape index (κ3) is 3.05. The normalized spacial score (nSPS) is 10.4. The SMILES string of the molecule is CCCNc1ncccc1C(=O)C(C)C. The number of Topliss-reactive ketones (excluding diaryl/α,β-unsaturated/α-hetero) is 1. The summed E-state index contributed by atoms with van der Waals surface area (Å²) in [5.74, 6) is 0.858. The number of nitrogens with one attached hydrogen (secondary N) is 1. The van der Waals surface area contributed by atoms with Gasteiger partial charge < -0.3 is 5.32 Å². The molecule has 0 saturated heterocycles. The molecule has 1 rings (SSSR count). The van der Waals surface area contributed by atoms with Crippen LogP contribution >= 0.6 is 0 Å². The van der Waals surface area contributed by atoms with Crippen LogP contribution in [0, 0.1) is 5.92 Å². The molecule has 0 aliphatic heterocycles. The monoisotopic (exact) mass is 206 g/mol. The molecular formula is C12H18N2O. The molecular weight excluding hydrogens is 188 g/mol. The molecule has 0 spiro atoms. The van der Waals surface area contributed by atoms with Gasteiger partial charge in [-0.15, -0.1) is 0 Å². The Hall–Kier alpha value is -1.38. The minimum absolute atomic E-state index is 0.0105. The summed E-state index contributed by atoms with van der Waals surface area (Å²) >= 11 is 0. The van der Waals surface area contributed by atoms with Gasteiger partial charge in [0, 0.05) is 18.7 Å². The lowest BCUT2D eigenvalue weighted by molar-refractivity contribution is 0.0940. The Morgan fingerprint density at radius 3 is 2.87 bits per heavy atom. The first-order valence-corrected chi connectivity index (χ1v) is 5.40. The van der Waals surface area contributed by atoms with Gasteiger partial charge in [-0.1, -0.05) is 20.8 Å². The lowest BCUT2D eigenvalue weighted by Gasteiger charge is -2.10. The summed E-state index contributed by atoms with van der Waals surface area (Å²) in [5.41, 5.74) is 0.695. The molecule has 1 aromatic rings. The van der Waals surface area contributed by atoms with Crippen molar-refractivity contribution in [3.63, 3.8) is 0 Å². The fourth-order valence-electron chi connectivity index (χ4n) is 1.30. The Labute approximate surface area is 90.9 Å². The fourth-order valence-corrected chi connectivity index (χ4v) is 1.30. The summed E-state index contributed by atoms with van der Waals surface area (Å²) in [5, 5.41) is 3.17. The van der Waals surface area contributed by atoms with E-state index >= 15 is 0 Å². The van der Waals surface area contributed by atoms with Crippen LogP contribution < -0.4 is 5.32 Å². The highest BCUT2D eigenvalue weighted by atomic mass is 16.1. The summed E-state index contributed by atoms with van der Waals surface area (Å²) in [6.45, 7) is 6.73. The van der Waals surface area contributed by atoms with E-state index in [1.165, 1.54) is 0 Å². The van der Waals surface area contributed by atoms with Crippen LogP contribution in [0.4, 0.5) is 5.82 Å². The van der Waals surface area contributed by atoms with Crippen molar-refractivity contribution in [3.05, 3.63) is 23.9 Å². The molecule has 15 heavy (non-hydrogen) atoms. The molecule has 3 heteroatoms. The van der Waals surface area contributed by atoms with Gasteiger partial charge in [-0.05, 0) is 18.6 Å². The zero-order valence-corrected chi connectivity index (χ0v) is 9.58. The molecule has 82 valence electrons. The molecule has 1 aromatic heterocycles. The lowest BCUT2D eigenvalue weighted by atomic mass is 10.0. The van der Waals surface area contributed by atoms with Gasteiger partial charge in [-0.25, -0.2) is 4.98 Å². The number of hydrogen-bond donors (Lipinski definition) is 1. The number of pyridine rings is 1. The molecule has 0 aliphatic carbocycles. The Balaban J connectivity index is 2.90. The maximum Gasteiger partial charge on any atom is 0.169 e. The largest absolute Gasteiger partial charge is 0.369 e. The predicted molar refractivity (Wildman–Crippen MR) is 62.2 cm³/mol. The van der Waals surface area contributed by atoms with Gasteiger partial charge >= 0.3 is 0 Å². The molecule has 1 heterocycles. The molecule has 0 saturated carbocycles. The molecule has 3 nitrogen and oxygen atoms in total. The molecule has 0 aromatic carbocycles. The lowest BCUT2D eigenvalue weighted by Crippen LogP contribution is -2.13. The smallest absolute Gasteiger partial charge is 0.169 e. The van der Waals surface area contributed by atoms with E-state index in [9.17, 15) is 4.79 Å². The summed E-state index contributed by atoms with van der Waals surface area (Å²) in [4.78, 5) is 16.0. The highest BCUT2D eigenvalue weighted by Gasteiger charge is 2.14. The van der Waals surface area contributed by atoms with Crippen LogP contribution in [0.3, 0.4) is 0 Å². The first-order chi connectivity index (χ1) is 7.16.